The molecule has 0 aromatic rings. The molecule has 0 saturated heterocycles. The third-order valence-electron chi connectivity index (χ3n) is 3.04. The van der Waals surface area contributed by atoms with Crippen molar-refractivity contribution >= 4 is 36.2 Å². The molecule has 2 amide bonds. The minimum Gasteiger partial charge on any atom is -0.350 e. The zero-order valence-corrected chi connectivity index (χ0v) is 12.7. The summed E-state index contributed by atoms with van der Waals surface area (Å²) in [7, 11) is 0. The van der Waals surface area contributed by atoms with Gasteiger partial charge in [0, 0.05) is 24.0 Å². The van der Waals surface area contributed by atoms with Gasteiger partial charge in [0.05, 0.1) is 0 Å². The fourth-order valence-electron chi connectivity index (χ4n) is 2.23. The van der Waals surface area contributed by atoms with Gasteiger partial charge < -0.3 is 10.6 Å². The van der Waals surface area contributed by atoms with Crippen LogP contribution in [-0.4, -0.2) is 40.7 Å². The Hall–Kier alpha value is -0.360. The van der Waals surface area contributed by atoms with Crippen molar-refractivity contribution in [3.63, 3.8) is 0 Å². The first-order valence-corrected chi connectivity index (χ1v) is 8.06. The Morgan fingerprint density at radius 1 is 1.44 bits per heavy atom. The van der Waals surface area contributed by atoms with E-state index in [4.69, 9.17) is 0 Å². The first-order valence-electron chi connectivity index (χ1n) is 6.38. The van der Waals surface area contributed by atoms with Crippen LogP contribution in [0.25, 0.3) is 0 Å². The second kappa shape index (κ2) is 7.94. The average Bonchev–Trinajstić information content (AvgIpc) is 2.73. The summed E-state index contributed by atoms with van der Waals surface area (Å²) in [5.41, 5.74) is 0. The third-order valence-corrected chi connectivity index (χ3v) is 4.73. The number of thiol groups is 1. The van der Waals surface area contributed by atoms with Crippen LogP contribution in [0.5, 0.6) is 0 Å². The standard InChI is InChI=1S/C12H22N2O2S2/c1-3-18-11-6-4-5-9(11)14-12(16)10(7-17)13-8(2)15/h9-11,17H,3-7H2,1-2H3,(H,13,15)(H,14,16). The van der Waals surface area contributed by atoms with Crippen molar-refractivity contribution < 1.29 is 9.59 Å². The fourth-order valence-corrected chi connectivity index (χ4v) is 3.68. The Kier molecular flexibility index (Phi) is 6.92. The van der Waals surface area contributed by atoms with Gasteiger partial charge in [0.25, 0.3) is 0 Å². The molecule has 3 unspecified atom stereocenters. The van der Waals surface area contributed by atoms with Crippen LogP contribution in [0.1, 0.15) is 33.1 Å². The Bertz CT molecular complexity index is 300. The van der Waals surface area contributed by atoms with Crippen LogP contribution in [0, 0.1) is 0 Å². The summed E-state index contributed by atoms with van der Waals surface area (Å²) in [5.74, 6) is 1.08. The van der Waals surface area contributed by atoms with Gasteiger partial charge in [0.15, 0.2) is 0 Å². The Balaban J connectivity index is 2.49. The lowest BCUT2D eigenvalue weighted by atomic mass is 10.2. The van der Waals surface area contributed by atoms with E-state index in [-0.39, 0.29) is 17.9 Å². The number of hydrogen-bond donors (Lipinski definition) is 3. The van der Waals surface area contributed by atoms with Gasteiger partial charge in [-0.1, -0.05) is 13.3 Å². The van der Waals surface area contributed by atoms with Crippen LogP contribution in [0.15, 0.2) is 0 Å². The Morgan fingerprint density at radius 2 is 2.17 bits per heavy atom. The highest BCUT2D eigenvalue weighted by Gasteiger charge is 2.30. The van der Waals surface area contributed by atoms with Gasteiger partial charge in [0.1, 0.15) is 6.04 Å². The van der Waals surface area contributed by atoms with Crippen LogP contribution in [0.4, 0.5) is 0 Å². The topological polar surface area (TPSA) is 58.2 Å². The first-order chi connectivity index (χ1) is 8.58. The number of carbonyl (C=O) groups excluding carboxylic acids is 2. The van der Waals surface area contributed by atoms with E-state index in [0.29, 0.717) is 11.0 Å². The van der Waals surface area contributed by atoms with Crippen molar-refractivity contribution in [2.24, 2.45) is 0 Å². The van der Waals surface area contributed by atoms with Crippen molar-refractivity contribution in [3.05, 3.63) is 0 Å². The minimum atomic E-state index is -0.529. The predicted molar refractivity (Wildman–Crippen MR) is 79.2 cm³/mol. The van der Waals surface area contributed by atoms with Gasteiger partial charge in [0.2, 0.25) is 11.8 Å². The summed E-state index contributed by atoms with van der Waals surface area (Å²) in [6.45, 7) is 3.55. The molecule has 18 heavy (non-hydrogen) atoms. The lowest BCUT2D eigenvalue weighted by Crippen LogP contribution is -2.51. The summed E-state index contributed by atoms with van der Waals surface area (Å²) < 4.78 is 0. The predicted octanol–water partition coefficient (Wildman–Crippen LogP) is 1.21. The van der Waals surface area contributed by atoms with Crippen LogP contribution in [0.2, 0.25) is 0 Å². The van der Waals surface area contributed by atoms with Crippen LogP contribution < -0.4 is 10.6 Å². The van der Waals surface area contributed by atoms with E-state index in [1.165, 1.54) is 6.92 Å². The molecule has 2 N–H and O–H groups in total. The van der Waals surface area contributed by atoms with Crippen LogP contribution in [-0.2, 0) is 9.59 Å². The van der Waals surface area contributed by atoms with E-state index in [9.17, 15) is 9.59 Å². The monoisotopic (exact) mass is 290 g/mol. The number of thioether (sulfide) groups is 1. The molecule has 104 valence electrons. The summed E-state index contributed by atoms with van der Waals surface area (Å²) in [6.07, 6.45) is 3.35. The molecule has 0 spiro atoms. The smallest absolute Gasteiger partial charge is 0.243 e. The Morgan fingerprint density at radius 3 is 2.72 bits per heavy atom. The number of rotatable bonds is 6. The highest BCUT2D eigenvalue weighted by atomic mass is 32.2. The number of nitrogens with one attached hydrogen (secondary N) is 2. The molecule has 1 fully saturated rings. The van der Waals surface area contributed by atoms with Crippen molar-refractivity contribution in [2.45, 2.75) is 50.4 Å². The van der Waals surface area contributed by atoms with Gasteiger partial charge in [-0.3, -0.25) is 9.59 Å². The zero-order chi connectivity index (χ0) is 13.5. The number of carbonyl (C=O) groups is 2. The van der Waals surface area contributed by atoms with E-state index < -0.39 is 6.04 Å². The van der Waals surface area contributed by atoms with Gasteiger partial charge in [-0.05, 0) is 18.6 Å². The van der Waals surface area contributed by atoms with Gasteiger partial charge >= 0.3 is 0 Å². The molecule has 0 heterocycles. The average molecular weight is 290 g/mol. The maximum Gasteiger partial charge on any atom is 0.243 e. The van der Waals surface area contributed by atoms with Gasteiger partial charge in [-0.2, -0.15) is 24.4 Å². The minimum absolute atomic E-state index is 0.117. The lowest BCUT2D eigenvalue weighted by molar-refractivity contribution is -0.127. The molecule has 0 aromatic carbocycles. The van der Waals surface area contributed by atoms with E-state index >= 15 is 0 Å². The quantitative estimate of drug-likeness (QED) is 0.645. The fraction of sp³-hybridized carbons (Fsp3) is 0.833. The third kappa shape index (κ3) is 4.72. The van der Waals surface area contributed by atoms with Gasteiger partial charge in [-0.25, -0.2) is 0 Å². The van der Waals surface area contributed by atoms with Crippen molar-refractivity contribution in [1.29, 1.82) is 0 Å². The molecule has 0 aromatic heterocycles. The van der Waals surface area contributed by atoms with Crippen molar-refractivity contribution in [1.82, 2.24) is 10.6 Å². The lowest BCUT2D eigenvalue weighted by Gasteiger charge is -2.23. The van der Waals surface area contributed by atoms with Crippen LogP contribution >= 0.6 is 24.4 Å². The summed E-state index contributed by atoms with van der Waals surface area (Å²) in [4.78, 5) is 23.0. The number of amides is 2. The molecule has 1 aliphatic rings. The van der Waals surface area contributed by atoms with Gasteiger partial charge in [-0.15, -0.1) is 0 Å². The molecule has 1 saturated carbocycles. The molecule has 6 heteroatoms. The molecule has 0 aliphatic heterocycles. The highest BCUT2D eigenvalue weighted by molar-refractivity contribution is 7.99. The summed E-state index contributed by atoms with van der Waals surface area (Å²) in [5, 5.41) is 6.17. The Labute approximate surface area is 118 Å². The molecule has 0 radical (unpaired) electrons. The van der Waals surface area contributed by atoms with Crippen molar-refractivity contribution in [2.75, 3.05) is 11.5 Å². The molecule has 0 bridgehead atoms. The molecule has 4 nitrogen and oxygen atoms in total. The maximum absolute atomic E-state index is 12.0. The normalized spacial score (nSPS) is 24.6. The second-order valence-corrected chi connectivity index (χ2v) is 6.36. The molecule has 3 atom stereocenters. The van der Waals surface area contributed by atoms with E-state index in [0.717, 1.165) is 25.0 Å². The first kappa shape index (κ1) is 15.7. The molecular formula is C12H22N2O2S2. The second-order valence-electron chi connectivity index (χ2n) is 4.48. The molecule has 1 aliphatic carbocycles. The number of hydrogen-bond acceptors (Lipinski definition) is 4. The zero-order valence-electron chi connectivity index (χ0n) is 10.9. The largest absolute Gasteiger partial charge is 0.350 e. The van der Waals surface area contributed by atoms with E-state index in [1.807, 2.05) is 11.8 Å². The van der Waals surface area contributed by atoms with E-state index in [2.05, 4.69) is 30.2 Å². The van der Waals surface area contributed by atoms with Crippen LogP contribution in [0.3, 0.4) is 0 Å². The highest BCUT2D eigenvalue weighted by Crippen LogP contribution is 2.29. The summed E-state index contributed by atoms with van der Waals surface area (Å²) >= 11 is 6.01. The maximum atomic E-state index is 12.0. The molecular weight excluding hydrogens is 268 g/mol. The van der Waals surface area contributed by atoms with Crippen molar-refractivity contribution in [3.8, 4) is 0 Å². The van der Waals surface area contributed by atoms with E-state index in [1.54, 1.807) is 0 Å². The SMILES string of the molecule is CCSC1CCCC1NC(=O)C(CS)NC(C)=O. The summed E-state index contributed by atoms with van der Waals surface area (Å²) in [6, 6.07) is -0.294. The molecule has 1 rings (SSSR count).